The summed E-state index contributed by atoms with van der Waals surface area (Å²) >= 11 is 0. The predicted octanol–water partition coefficient (Wildman–Crippen LogP) is 3.11. The molecule has 3 atom stereocenters. The quantitative estimate of drug-likeness (QED) is 0.801. The van der Waals surface area contributed by atoms with Gasteiger partial charge in [0.25, 0.3) is 0 Å². The minimum Gasteiger partial charge on any atom is -0.472 e. The van der Waals surface area contributed by atoms with Gasteiger partial charge in [-0.25, -0.2) is 0 Å². The molecule has 0 spiro atoms. The second-order valence-electron chi connectivity index (χ2n) is 4.43. The van der Waals surface area contributed by atoms with E-state index in [0.29, 0.717) is 5.92 Å². The lowest BCUT2D eigenvalue weighted by Crippen LogP contribution is -2.18. The first kappa shape index (κ1) is 9.78. The van der Waals surface area contributed by atoms with Crippen LogP contribution in [-0.2, 0) is 0 Å². The Bertz CT molecular complexity index is 268. The first-order valence-corrected chi connectivity index (χ1v) is 5.59. The topological polar surface area (TPSA) is 39.2 Å². The number of nitrogens with two attached hydrogens (primary N) is 1. The van der Waals surface area contributed by atoms with Crippen molar-refractivity contribution >= 4 is 0 Å². The van der Waals surface area contributed by atoms with Crippen molar-refractivity contribution in [3.05, 3.63) is 24.2 Å². The second kappa shape index (κ2) is 4.18. The van der Waals surface area contributed by atoms with Crippen molar-refractivity contribution in [1.29, 1.82) is 0 Å². The molecule has 1 aliphatic rings. The smallest absolute Gasteiger partial charge is 0.0950 e. The van der Waals surface area contributed by atoms with E-state index in [4.69, 9.17) is 10.2 Å². The molecular formula is C12H19NO. The van der Waals surface area contributed by atoms with E-state index in [1.165, 1.54) is 25.7 Å². The summed E-state index contributed by atoms with van der Waals surface area (Å²) < 4.78 is 5.07. The molecule has 1 aromatic heterocycles. The van der Waals surface area contributed by atoms with Crippen LogP contribution in [0.25, 0.3) is 0 Å². The molecule has 2 N–H and O–H groups in total. The highest BCUT2D eigenvalue weighted by Crippen LogP contribution is 2.39. The number of furan rings is 1. The van der Waals surface area contributed by atoms with Gasteiger partial charge in [0, 0.05) is 11.6 Å². The lowest BCUT2D eigenvalue weighted by molar-refractivity contribution is 0.413. The lowest BCUT2D eigenvalue weighted by atomic mass is 9.93. The Morgan fingerprint density at radius 1 is 1.57 bits per heavy atom. The van der Waals surface area contributed by atoms with Crippen molar-refractivity contribution in [2.24, 2.45) is 17.6 Å². The van der Waals surface area contributed by atoms with Gasteiger partial charge in [0.15, 0.2) is 0 Å². The van der Waals surface area contributed by atoms with Crippen LogP contribution in [0.3, 0.4) is 0 Å². The Balaban J connectivity index is 1.97. The standard InChI is InChI=1S/C12H19NO/c1-2-9-3-4-10(7-9)12(13)11-5-6-14-8-11/h5-6,8-10,12H,2-4,7,13H2,1H3. The molecule has 0 bridgehead atoms. The normalized spacial score (nSPS) is 29.3. The molecule has 0 saturated heterocycles. The first-order valence-electron chi connectivity index (χ1n) is 5.59. The molecule has 2 nitrogen and oxygen atoms in total. The predicted molar refractivity (Wildman–Crippen MR) is 56.8 cm³/mol. The van der Waals surface area contributed by atoms with Gasteiger partial charge in [-0.2, -0.15) is 0 Å². The number of rotatable bonds is 3. The summed E-state index contributed by atoms with van der Waals surface area (Å²) in [7, 11) is 0. The molecule has 0 amide bonds. The summed E-state index contributed by atoms with van der Waals surface area (Å²) in [6.07, 6.45) is 8.72. The number of hydrogen-bond acceptors (Lipinski definition) is 2. The van der Waals surface area contributed by atoms with Gasteiger partial charge in [0.2, 0.25) is 0 Å². The summed E-state index contributed by atoms with van der Waals surface area (Å²) in [5.41, 5.74) is 7.36. The Morgan fingerprint density at radius 3 is 3.00 bits per heavy atom. The Kier molecular flexibility index (Phi) is 2.92. The third-order valence-corrected chi connectivity index (χ3v) is 3.60. The molecule has 1 aromatic rings. The Hall–Kier alpha value is -0.760. The van der Waals surface area contributed by atoms with E-state index in [0.717, 1.165) is 11.5 Å². The molecule has 0 aromatic carbocycles. The van der Waals surface area contributed by atoms with E-state index in [-0.39, 0.29) is 6.04 Å². The fraction of sp³-hybridized carbons (Fsp3) is 0.667. The summed E-state index contributed by atoms with van der Waals surface area (Å²) in [5.74, 6) is 1.57. The van der Waals surface area contributed by atoms with Crippen LogP contribution in [0.5, 0.6) is 0 Å². The van der Waals surface area contributed by atoms with E-state index >= 15 is 0 Å². The van der Waals surface area contributed by atoms with Crippen LogP contribution in [0.4, 0.5) is 0 Å². The van der Waals surface area contributed by atoms with Crippen LogP contribution in [0.2, 0.25) is 0 Å². The molecule has 2 heteroatoms. The van der Waals surface area contributed by atoms with Gasteiger partial charge in [-0.15, -0.1) is 0 Å². The highest BCUT2D eigenvalue weighted by atomic mass is 16.3. The van der Waals surface area contributed by atoms with E-state index in [1.807, 2.05) is 6.07 Å². The van der Waals surface area contributed by atoms with Crippen molar-refractivity contribution in [3.63, 3.8) is 0 Å². The lowest BCUT2D eigenvalue weighted by Gasteiger charge is -2.17. The van der Waals surface area contributed by atoms with Crippen LogP contribution >= 0.6 is 0 Å². The minimum absolute atomic E-state index is 0.185. The molecule has 2 rings (SSSR count). The SMILES string of the molecule is CCC1CCC(C(N)c2ccoc2)C1. The molecule has 1 fully saturated rings. The van der Waals surface area contributed by atoms with Gasteiger partial charge in [-0.1, -0.05) is 19.8 Å². The van der Waals surface area contributed by atoms with Gasteiger partial charge in [-0.05, 0) is 30.7 Å². The average Bonchev–Trinajstić information content (AvgIpc) is 2.88. The van der Waals surface area contributed by atoms with Gasteiger partial charge >= 0.3 is 0 Å². The molecule has 0 radical (unpaired) electrons. The molecule has 1 saturated carbocycles. The maximum atomic E-state index is 6.20. The summed E-state index contributed by atoms with van der Waals surface area (Å²) in [6.45, 7) is 2.27. The van der Waals surface area contributed by atoms with Crippen LogP contribution in [-0.4, -0.2) is 0 Å². The van der Waals surface area contributed by atoms with E-state index in [1.54, 1.807) is 12.5 Å². The van der Waals surface area contributed by atoms with Crippen LogP contribution in [0.15, 0.2) is 23.0 Å². The molecular weight excluding hydrogens is 174 g/mol. The van der Waals surface area contributed by atoms with Crippen molar-refractivity contribution in [2.45, 2.75) is 38.6 Å². The molecule has 78 valence electrons. The highest BCUT2D eigenvalue weighted by molar-refractivity contribution is 5.12. The third kappa shape index (κ3) is 1.85. The monoisotopic (exact) mass is 193 g/mol. The van der Waals surface area contributed by atoms with Gasteiger partial charge < -0.3 is 10.2 Å². The number of hydrogen-bond donors (Lipinski definition) is 1. The highest BCUT2D eigenvalue weighted by Gasteiger charge is 2.29. The summed E-state index contributed by atoms with van der Waals surface area (Å²) in [4.78, 5) is 0. The zero-order valence-electron chi connectivity index (χ0n) is 8.78. The van der Waals surface area contributed by atoms with E-state index in [9.17, 15) is 0 Å². The van der Waals surface area contributed by atoms with Crippen molar-refractivity contribution in [3.8, 4) is 0 Å². The molecule has 1 heterocycles. The maximum Gasteiger partial charge on any atom is 0.0950 e. The average molecular weight is 193 g/mol. The van der Waals surface area contributed by atoms with Gasteiger partial charge in [-0.3, -0.25) is 0 Å². The van der Waals surface area contributed by atoms with Crippen LogP contribution in [0.1, 0.15) is 44.2 Å². The molecule has 3 unspecified atom stereocenters. The third-order valence-electron chi connectivity index (χ3n) is 3.60. The van der Waals surface area contributed by atoms with E-state index in [2.05, 4.69) is 6.92 Å². The first-order chi connectivity index (χ1) is 6.81. The molecule has 1 aliphatic carbocycles. The fourth-order valence-corrected chi connectivity index (χ4v) is 2.55. The zero-order valence-corrected chi connectivity index (χ0v) is 8.78. The molecule has 14 heavy (non-hydrogen) atoms. The van der Waals surface area contributed by atoms with E-state index < -0.39 is 0 Å². The van der Waals surface area contributed by atoms with Gasteiger partial charge in [0.1, 0.15) is 0 Å². The fourth-order valence-electron chi connectivity index (χ4n) is 2.55. The Morgan fingerprint density at radius 2 is 2.43 bits per heavy atom. The maximum absolute atomic E-state index is 6.20. The Labute approximate surface area is 85.5 Å². The van der Waals surface area contributed by atoms with Crippen LogP contribution < -0.4 is 5.73 Å². The largest absolute Gasteiger partial charge is 0.472 e. The summed E-state index contributed by atoms with van der Waals surface area (Å²) in [6, 6.07) is 2.18. The van der Waals surface area contributed by atoms with Crippen molar-refractivity contribution in [2.75, 3.05) is 0 Å². The van der Waals surface area contributed by atoms with Gasteiger partial charge in [0.05, 0.1) is 12.5 Å². The van der Waals surface area contributed by atoms with Crippen molar-refractivity contribution in [1.82, 2.24) is 0 Å². The minimum atomic E-state index is 0.185. The molecule has 0 aliphatic heterocycles. The van der Waals surface area contributed by atoms with Crippen molar-refractivity contribution < 1.29 is 4.42 Å². The summed E-state index contributed by atoms with van der Waals surface area (Å²) in [5, 5.41) is 0. The zero-order chi connectivity index (χ0) is 9.97. The second-order valence-corrected chi connectivity index (χ2v) is 4.43. The van der Waals surface area contributed by atoms with Crippen LogP contribution in [0, 0.1) is 11.8 Å².